The summed E-state index contributed by atoms with van der Waals surface area (Å²) in [6.07, 6.45) is -0.445. The van der Waals surface area contributed by atoms with Crippen molar-refractivity contribution in [3.63, 3.8) is 0 Å². The molecular formula is C24H20Cl3N3O. The molecule has 3 aromatic rings. The number of nitrogens with zero attached hydrogens (tertiary/aromatic N) is 3. The van der Waals surface area contributed by atoms with Crippen LogP contribution >= 0.6 is 34.8 Å². The highest BCUT2D eigenvalue weighted by atomic mass is 35.5. The molecule has 1 fully saturated rings. The number of hydrogen-bond acceptors (Lipinski definition) is 3. The van der Waals surface area contributed by atoms with Crippen LogP contribution in [-0.2, 0) is 11.3 Å². The predicted octanol–water partition coefficient (Wildman–Crippen LogP) is 6.41. The molecule has 0 aliphatic carbocycles. The third kappa shape index (κ3) is 4.94. The number of carbonyl (C=O) groups is 1. The van der Waals surface area contributed by atoms with Gasteiger partial charge in [0.15, 0.2) is 0 Å². The lowest BCUT2D eigenvalue weighted by atomic mass is 10.1. The molecule has 4 rings (SSSR count). The summed E-state index contributed by atoms with van der Waals surface area (Å²) in [4.78, 5) is 15.1. The van der Waals surface area contributed by atoms with E-state index in [2.05, 4.69) is 4.90 Å². The van der Waals surface area contributed by atoms with Gasteiger partial charge in [0.2, 0.25) is 0 Å². The lowest BCUT2D eigenvalue weighted by Crippen LogP contribution is -2.29. The highest BCUT2D eigenvalue weighted by Gasteiger charge is 2.40. The van der Waals surface area contributed by atoms with Crippen LogP contribution < -0.4 is 0 Å². The lowest BCUT2D eigenvalue weighted by molar-refractivity contribution is -0.128. The van der Waals surface area contributed by atoms with Crippen LogP contribution in [0, 0.1) is 0 Å². The molecule has 0 N–H and O–H groups in total. The minimum atomic E-state index is -0.445. The van der Waals surface area contributed by atoms with E-state index in [4.69, 9.17) is 39.9 Å². The third-order valence-electron chi connectivity index (χ3n) is 5.16. The summed E-state index contributed by atoms with van der Waals surface area (Å²) in [6.45, 7) is 2.69. The summed E-state index contributed by atoms with van der Waals surface area (Å²) in [6, 6.07) is 22.7. The molecular weight excluding hydrogens is 453 g/mol. The fourth-order valence-electron chi connectivity index (χ4n) is 3.64. The number of carbonyl (C=O) groups excluding carboxylic acids is 1. The molecule has 1 amide bonds. The number of halogens is 3. The van der Waals surface area contributed by atoms with E-state index in [0.29, 0.717) is 27.3 Å². The van der Waals surface area contributed by atoms with Gasteiger partial charge in [-0.05, 0) is 42.3 Å². The second-order valence-electron chi connectivity index (χ2n) is 7.36. The first-order valence-electron chi connectivity index (χ1n) is 9.78. The quantitative estimate of drug-likeness (QED) is 0.402. The Bertz CT molecular complexity index is 1120. The Morgan fingerprint density at radius 2 is 1.65 bits per heavy atom. The molecule has 7 heteroatoms. The predicted molar refractivity (Wildman–Crippen MR) is 127 cm³/mol. The van der Waals surface area contributed by atoms with Crippen molar-refractivity contribution in [2.75, 3.05) is 6.54 Å². The standard InChI is InChI=1S/C24H20Cl3N3O/c1-16(18-7-9-19(25)10-8-18)28-30-23(31)15-29(14-17-5-3-2-4-6-17)24(30)21-12-11-20(26)13-22(21)27/h2-13,24H,14-15H2,1H3/b28-16-/t24-/m1/s1. The molecule has 1 aliphatic rings. The van der Waals surface area contributed by atoms with E-state index in [0.717, 1.165) is 16.7 Å². The maximum Gasteiger partial charge on any atom is 0.258 e. The van der Waals surface area contributed by atoms with Crippen LogP contribution in [-0.4, -0.2) is 28.1 Å². The Labute approximate surface area is 196 Å². The Kier molecular flexibility index (Phi) is 6.63. The van der Waals surface area contributed by atoms with Crippen molar-refractivity contribution < 1.29 is 4.79 Å². The first kappa shape index (κ1) is 21.8. The van der Waals surface area contributed by atoms with E-state index in [1.54, 1.807) is 24.3 Å². The number of hydrazone groups is 1. The van der Waals surface area contributed by atoms with E-state index in [-0.39, 0.29) is 12.5 Å². The van der Waals surface area contributed by atoms with Gasteiger partial charge in [0.1, 0.15) is 6.17 Å². The summed E-state index contributed by atoms with van der Waals surface area (Å²) in [5.74, 6) is -0.0970. The second-order valence-corrected chi connectivity index (χ2v) is 8.64. The number of amides is 1. The van der Waals surface area contributed by atoms with Crippen molar-refractivity contribution in [1.29, 1.82) is 0 Å². The van der Waals surface area contributed by atoms with Gasteiger partial charge in [-0.15, -0.1) is 0 Å². The Morgan fingerprint density at radius 1 is 0.968 bits per heavy atom. The molecule has 1 heterocycles. The Morgan fingerprint density at radius 3 is 2.32 bits per heavy atom. The van der Waals surface area contributed by atoms with Gasteiger partial charge in [-0.2, -0.15) is 5.10 Å². The van der Waals surface area contributed by atoms with Crippen molar-refractivity contribution >= 4 is 46.4 Å². The molecule has 0 saturated carbocycles. The van der Waals surface area contributed by atoms with Gasteiger partial charge >= 0.3 is 0 Å². The van der Waals surface area contributed by atoms with E-state index >= 15 is 0 Å². The van der Waals surface area contributed by atoms with Gasteiger partial charge in [0, 0.05) is 27.2 Å². The number of hydrogen-bond donors (Lipinski definition) is 0. The minimum absolute atomic E-state index is 0.0970. The third-order valence-corrected chi connectivity index (χ3v) is 5.97. The van der Waals surface area contributed by atoms with Crippen molar-refractivity contribution in [2.24, 2.45) is 5.10 Å². The fourth-order valence-corrected chi connectivity index (χ4v) is 4.28. The van der Waals surface area contributed by atoms with Crippen molar-refractivity contribution in [3.8, 4) is 0 Å². The van der Waals surface area contributed by atoms with Gasteiger partial charge in [-0.3, -0.25) is 9.69 Å². The average Bonchev–Trinajstić information content (AvgIpc) is 3.04. The molecule has 0 unspecified atom stereocenters. The summed E-state index contributed by atoms with van der Waals surface area (Å²) in [5, 5.41) is 7.89. The SMILES string of the molecule is C/C(=N/N1C(=O)CN(Cc2ccccc2)[C@H]1c1ccc(Cl)cc1Cl)c1ccc(Cl)cc1. The highest BCUT2D eigenvalue weighted by molar-refractivity contribution is 6.35. The van der Waals surface area contributed by atoms with E-state index < -0.39 is 6.17 Å². The van der Waals surface area contributed by atoms with E-state index in [1.807, 2.05) is 55.5 Å². The topological polar surface area (TPSA) is 35.9 Å². The van der Waals surface area contributed by atoms with E-state index in [1.165, 1.54) is 5.01 Å². The first-order chi connectivity index (χ1) is 14.9. The largest absolute Gasteiger partial charge is 0.271 e. The molecule has 0 aromatic heterocycles. The summed E-state index contributed by atoms with van der Waals surface area (Å²) >= 11 is 18.7. The van der Waals surface area contributed by atoms with Crippen LogP contribution in [0.15, 0.2) is 77.9 Å². The van der Waals surface area contributed by atoms with Crippen LogP contribution in [0.25, 0.3) is 0 Å². The van der Waals surface area contributed by atoms with Crippen molar-refractivity contribution in [1.82, 2.24) is 9.91 Å². The zero-order valence-corrected chi connectivity index (χ0v) is 19.1. The van der Waals surface area contributed by atoms with Crippen LogP contribution in [0.4, 0.5) is 0 Å². The normalized spacial score (nSPS) is 17.4. The van der Waals surface area contributed by atoms with Crippen LogP contribution in [0.1, 0.15) is 29.8 Å². The second kappa shape index (κ2) is 9.41. The van der Waals surface area contributed by atoms with Gasteiger partial charge in [0.25, 0.3) is 5.91 Å². The van der Waals surface area contributed by atoms with Gasteiger partial charge < -0.3 is 0 Å². The Hall–Kier alpha value is -2.37. The van der Waals surface area contributed by atoms with Crippen molar-refractivity contribution in [3.05, 3.63) is 105 Å². The lowest BCUT2D eigenvalue weighted by Gasteiger charge is -2.28. The molecule has 1 aliphatic heterocycles. The van der Waals surface area contributed by atoms with E-state index in [9.17, 15) is 4.79 Å². The van der Waals surface area contributed by atoms with Gasteiger partial charge in [-0.25, -0.2) is 5.01 Å². The molecule has 1 atom stereocenters. The average molecular weight is 473 g/mol. The van der Waals surface area contributed by atoms with Crippen LogP contribution in [0.3, 0.4) is 0 Å². The maximum absolute atomic E-state index is 13.0. The molecule has 3 aromatic carbocycles. The minimum Gasteiger partial charge on any atom is -0.271 e. The zero-order chi connectivity index (χ0) is 22.0. The molecule has 4 nitrogen and oxygen atoms in total. The summed E-state index contributed by atoms with van der Waals surface area (Å²) in [7, 11) is 0. The first-order valence-corrected chi connectivity index (χ1v) is 10.9. The van der Waals surface area contributed by atoms with Crippen molar-refractivity contribution in [2.45, 2.75) is 19.6 Å². The van der Waals surface area contributed by atoms with Gasteiger partial charge in [-0.1, -0.05) is 83.3 Å². The Balaban J connectivity index is 1.73. The van der Waals surface area contributed by atoms with Crippen LogP contribution in [0.2, 0.25) is 15.1 Å². The molecule has 158 valence electrons. The fraction of sp³-hybridized carbons (Fsp3) is 0.167. The summed E-state index contributed by atoms with van der Waals surface area (Å²) < 4.78 is 0. The van der Waals surface area contributed by atoms with Crippen LogP contribution in [0.5, 0.6) is 0 Å². The number of rotatable bonds is 5. The zero-order valence-electron chi connectivity index (χ0n) is 16.8. The number of benzene rings is 3. The molecule has 0 radical (unpaired) electrons. The molecule has 31 heavy (non-hydrogen) atoms. The monoisotopic (exact) mass is 471 g/mol. The smallest absolute Gasteiger partial charge is 0.258 e. The molecule has 0 spiro atoms. The molecule has 0 bridgehead atoms. The van der Waals surface area contributed by atoms with Gasteiger partial charge in [0.05, 0.1) is 12.3 Å². The summed E-state index contributed by atoms with van der Waals surface area (Å²) in [5.41, 5.74) is 3.48. The highest BCUT2D eigenvalue weighted by Crippen LogP contribution is 2.37. The molecule has 1 saturated heterocycles. The maximum atomic E-state index is 13.0.